The number of aromatic nitrogens is 1. The van der Waals surface area contributed by atoms with Crippen molar-refractivity contribution < 1.29 is 14.7 Å². The normalized spacial score (nSPS) is 10.8. The van der Waals surface area contributed by atoms with Crippen LogP contribution in [-0.4, -0.2) is 27.8 Å². The number of carbonyl (C=O) groups excluding carboxylic acids is 2. The molecule has 2 rings (SSSR count). The second-order valence-corrected chi connectivity index (χ2v) is 4.35. The number of Topliss-reactive ketones (excluding diaryl/α,β-unsaturated/α-hetero) is 1. The Kier molecular flexibility index (Phi) is 3.06. The summed E-state index contributed by atoms with van der Waals surface area (Å²) >= 11 is 0. The van der Waals surface area contributed by atoms with Crippen molar-refractivity contribution in [2.45, 2.75) is 19.9 Å². The molecule has 0 aliphatic heterocycles. The number of rotatable bonds is 3. The summed E-state index contributed by atoms with van der Waals surface area (Å²) in [5, 5.41) is 12.8. The second kappa shape index (κ2) is 4.52. The maximum absolute atomic E-state index is 12.0. The quantitative estimate of drug-likeness (QED) is 0.568. The van der Waals surface area contributed by atoms with E-state index in [1.165, 1.54) is 0 Å². The Morgan fingerprint density at radius 1 is 1.28 bits per heavy atom. The van der Waals surface area contributed by atoms with Crippen molar-refractivity contribution in [2.24, 2.45) is 0 Å². The van der Waals surface area contributed by atoms with Gasteiger partial charge in [0.15, 0.2) is 0 Å². The van der Waals surface area contributed by atoms with Crippen molar-refractivity contribution in [1.82, 2.24) is 10.3 Å². The number of H-pyrrole nitrogens is 1. The molecule has 0 atom stereocenters. The Labute approximate surface area is 104 Å². The van der Waals surface area contributed by atoms with Gasteiger partial charge < -0.3 is 15.4 Å². The Morgan fingerprint density at radius 2 is 1.94 bits per heavy atom. The number of ketones is 1. The lowest BCUT2D eigenvalue weighted by molar-refractivity contribution is -0.117. The van der Waals surface area contributed by atoms with Crippen LogP contribution in [-0.2, 0) is 4.79 Å². The highest BCUT2D eigenvalue weighted by molar-refractivity contribution is 6.45. The minimum Gasteiger partial charge on any atom is -0.494 e. The topological polar surface area (TPSA) is 82.2 Å². The molecule has 0 aliphatic rings. The van der Waals surface area contributed by atoms with E-state index in [1.54, 1.807) is 38.1 Å². The van der Waals surface area contributed by atoms with Gasteiger partial charge in [-0.1, -0.05) is 18.2 Å². The van der Waals surface area contributed by atoms with E-state index < -0.39 is 11.7 Å². The van der Waals surface area contributed by atoms with Crippen molar-refractivity contribution in [2.75, 3.05) is 0 Å². The van der Waals surface area contributed by atoms with Gasteiger partial charge in [0, 0.05) is 16.9 Å². The van der Waals surface area contributed by atoms with Gasteiger partial charge in [0.1, 0.15) is 0 Å². The van der Waals surface area contributed by atoms with Crippen LogP contribution in [0.3, 0.4) is 0 Å². The first-order valence-electron chi connectivity index (χ1n) is 5.65. The first-order chi connectivity index (χ1) is 8.50. The predicted molar refractivity (Wildman–Crippen MR) is 67.6 cm³/mol. The number of carbonyl (C=O) groups is 2. The summed E-state index contributed by atoms with van der Waals surface area (Å²) in [5.74, 6) is -1.73. The molecular weight excluding hydrogens is 232 g/mol. The fourth-order valence-electron chi connectivity index (χ4n) is 1.80. The number of hydrogen-bond acceptors (Lipinski definition) is 3. The first-order valence-corrected chi connectivity index (χ1v) is 5.65. The third-order valence-electron chi connectivity index (χ3n) is 2.54. The molecule has 5 heteroatoms. The van der Waals surface area contributed by atoms with Gasteiger partial charge in [0.25, 0.3) is 11.7 Å². The summed E-state index contributed by atoms with van der Waals surface area (Å²) in [5.41, 5.74) is 0.638. The lowest BCUT2D eigenvalue weighted by atomic mass is 10.1. The number of amides is 1. The highest BCUT2D eigenvalue weighted by Gasteiger charge is 2.24. The third kappa shape index (κ3) is 2.07. The van der Waals surface area contributed by atoms with Gasteiger partial charge >= 0.3 is 0 Å². The Balaban J connectivity index is 2.44. The summed E-state index contributed by atoms with van der Waals surface area (Å²) in [4.78, 5) is 26.3. The molecule has 0 fully saturated rings. The summed E-state index contributed by atoms with van der Waals surface area (Å²) in [6, 6.07) is 6.80. The lowest BCUT2D eigenvalue weighted by Gasteiger charge is -2.06. The molecule has 1 aromatic heterocycles. The average Bonchev–Trinajstić information content (AvgIpc) is 2.63. The van der Waals surface area contributed by atoms with Gasteiger partial charge in [0.05, 0.1) is 5.56 Å². The molecule has 0 radical (unpaired) electrons. The standard InChI is InChI=1S/C13H14N2O3/c1-7(2)14-13(18)11(16)10-8-5-3-4-6-9(8)15-12(10)17/h3-7,15,17H,1-2H3,(H,14,18). The largest absolute Gasteiger partial charge is 0.494 e. The molecule has 0 saturated carbocycles. The van der Waals surface area contributed by atoms with Gasteiger partial charge in [-0.05, 0) is 19.9 Å². The molecule has 0 unspecified atom stereocenters. The summed E-state index contributed by atoms with van der Waals surface area (Å²) in [7, 11) is 0. The molecule has 0 spiro atoms. The maximum Gasteiger partial charge on any atom is 0.292 e. The molecule has 1 amide bonds. The highest BCUT2D eigenvalue weighted by atomic mass is 16.3. The van der Waals surface area contributed by atoms with E-state index in [1.807, 2.05) is 0 Å². The zero-order valence-corrected chi connectivity index (χ0v) is 10.2. The van der Waals surface area contributed by atoms with E-state index in [2.05, 4.69) is 10.3 Å². The van der Waals surface area contributed by atoms with E-state index in [-0.39, 0.29) is 17.5 Å². The molecule has 18 heavy (non-hydrogen) atoms. The minimum atomic E-state index is -0.737. The Morgan fingerprint density at radius 3 is 2.61 bits per heavy atom. The smallest absolute Gasteiger partial charge is 0.292 e. The average molecular weight is 246 g/mol. The van der Waals surface area contributed by atoms with Crippen LogP contribution < -0.4 is 5.32 Å². The van der Waals surface area contributed by atoms with Crippen molar-refractivity contribution in [1.29, 1.82) is 0 Å². The molecule has 2 aromatic rings. The fraction of sp³-hybridized carbons (Fsp3) is 0.231. The van der Waals surface area contributed by atoms with Crippen LogP contribution in [0.1, 0.15) is 24.2 Å². The Hall–Kier alpha value is -2.30. The van der Waals surface area contributed by atoms with Gasteiger partial charge in [-0.2, -0.15) is 0 Å². The van der Waals surface area contributed by atoms with E-state index >= 15 is 0 Å². The SMILES string of the molecule is CC(C)NC(=O)C(=O)c1c(O)[nH]c2ccccc12. The van der Waals surface area contributed by atoms with Crippen LogP contribution in [0, 0.1) is 0 Å². The van der Waals surface area contributed by atoms with Crippen molar-refractivity contribution in [3.05, 3.63) is 29.8 Å². The molecule has 0 bridgehead atoms. The second-order valence-electron chi connectivity index (χ2n) is 4.35. The molecule has 1 heterocycles. The number of aromatic amines is 1. The first kappa shape index (κ1) is 12.2. The van der Waals surface area contributed by atoms with Crippen LogP contribution in [0.5, 0.6) is 5.88 Å². The van der Waals surface area contributed by atoms with Gasteiger partial charge in [0.2, 0.25) is 5.88 Å². The van der Waals surface area contributed by atoms with Crippen molar-refractivity contribution >= 4 is 22.6 Å². The summed E-state index contributed by atoms with van der Waals surface area (Å²) < 4.78 is 0. The summed E-state index contributed by atoms with van der Waals surface area (Å²) in [6.45, 7) is 3.53. The molecule has 1 aromatic carbocycles. The van der Waals surface area contributed by atoms with Crippen molar-refractivity contribution in [3.8, 4) is 5.88 Å². The van der Waals surface area contributed by atoms with Crippen molar-refractivity contribution in [3.63, 3.8) is 0 Å². The van der Waals surface area contributed by atoms with E-state index in [0.717, 1.165) is 0 Å². The monoisotopic (exact) mass is 246 g/mol. The molecular formula is C13H14N2O3. The molecule has 5 nitrogen and oxygen atoms in total. The van der Waals surface area contributed by atoms with Crippen LogP contribution in [0.2, 0.25) is 0 Å². The van der Waals surface area contributed by atoms with Crippen LogP contribution in [0.4, 0.5) is 0 Å². The minimum absolute atomic E-state index is 0.0174. The number of fused-ring (bicyclic) bond motifs is 1. The predicted octanol–water partition coefficient (Wildman–Crippen LogP) is 1.58. The Bertz CT molecular complexity index is 614. The summed E-state index contributed by atoms with van der Waals surface area (Å²) in [6.07, 6.45) is 0. The van der Waals surface area contributed by atoms with Gasteiger partial charge in [-0.3, -0.25) is 9.59 Å². The number of para-hydroxylation sites is 1. The number of aromatic hydroxyl groups is 1. The lowest BCUT2D eigenvalue weighted by Crippen LogP contribution is -2.35. The van der Waals surface area contributed by atoms with E-state index in [4.69, 9.17) is 0 Å². The number of benzene rings is 1. The van der Waals surface area contributed by atoms with E-state index in [9.17, 15) is 14.7 Å². The highest BCUT2D eigenvalue weighted by Crippen LogP contribution is 2.27. The van der Waals surface area contributed by atoms with Gasteiger partial charge in [-0.25, -0.2) is 0 Å². The van der Waals surface area contributed by atoms with Crippen LogP contribution >= 0.6 is 0 Å². The zero-order chi connectivity index (χ0) is 13.3. The molecule has 0 aliphatic carbocycles. The molecule has 3 N–H and O–H groups in total. The van der Waals surface area contributed by atoms with Crippen LogP contribution in [0.15, 0.2) is 24.3 Å². The number of nitrogens with one attached hydrogen (secondary N) is 2. The zero-order valence-electron chi connectivity index (χ0n) is 10.2. The number of hydrogen-bond donors (Lipinski definition) is 3. The van der Waals surface area contributed by atoms with Gasteiger partial charge in [-0.15, -0.1) is 0 Å². The molecule has 94 valence electrons. The third-order valence-corrected chi connectivity index (χ3v) is 2.54. The van der Waals surface area contributed by atoms with Crippen LogP contribution in [0.25, 0.3) is 10.9 Å². The fourth-order valence-corrected chi connectivity index (χ4v) is 1.80. The van der Waals surface area contributed by atoms with E-state index in [0.29, 0.717) is 10.9 Å². The molecule has 0 saturated heterocycles. The maximum atomic E-state index is 12.0.